The highest BCUT2D eigenvalue weighted by atomic mass is 19.1. The fourth-order valence-corrected chi connectivity index (χ4v) is 2.17. The first-order valence-corrected chi connectivity index (χ1v) is 6.81. The summed E-state index contributed by atoms with van der Waals surface area (Å²) in [7, 11) is 0. The summed E-state index contributed by atoms with van der Waals surface area (Å²) in [6.45, 7) is 0. The molecule has 0 aromatic heterocycles. The van der Waals surface area contributed by atoms with Crippen molar-refractivity contribution in [3.63, 3.8) is 0 Å². The number of nitrogen functional groups attached to an aromatic ring is 1. The SMILES string of the molecule is Nc1ccc(Oc2ccc(F)cc2F)c(-c2ccc(F)cc2)c1. The van der Waals surface area contributed by atoms with Crippen molar-refractivity contribution in [2.75, 3.05) is 5.73 Å². The van der Waals surface area contributed by atoms with Crippen molar-refractivity contribution in [2.45, 2.75) is 0 Å². The van der Waals surface area contributed by atoms with Crippen LogP contribution in [0.4, 0.5) is 18.9 Å². The monoisotopic (exact) mass is 315 g/mol. The summed E-state index contributed by atoms with van der Waals surface area (Å²) < 4.78 is 45.4. The molecule has 3 rings (SSSR count). The maximum atomic E-state index is 13.8. The normalized spacial score (nSPS) is 10.6. The van der Waals surface area contributed by atoms with Gasteiger partial charge in [-0.3, -0.25) is 0 Å². The molecule has 0 atom stereocenters. The molecular formula is C18H12F3NO. The number of hydrogen-bond acceptors (Lipinski definition) is 2. The molecule has 23 heavy (non-hydrogen) atoms. The van der Waals surface area contributed by atoms with Gasteiger partial charge >= 0.3 is 0 Å². The zero-order valence-electron chi connectivity index (χ0n) is 11.9. The number of hydrogen-bond donors (Lipinski definition) is 1. The Balaban J connectivity index is 2.04. The minimum atomic E-state index is -0.813. The van der Waals surface area contributed by atoms with Gasteiger partial charge in [0.25, 0.3) is 0 Å². The predicted octanol–water partition coefficient (Wildman–Crippen LogP) is 5.15. The largest absolute Gasteiger partial charge is 0.454 e. The van der Waals surface area contributed by atoms with Crippen LogP contribution >= 0.6 is 0 Å². The molecule has 3 aromatic rings. The van der Waals surface area contributed by atoms with Crippen molar-refractivity contribution in [1.29, 1.82) is 0 Å². The van der Waals surface area contributed by atoms with Crippen LogP contribution in [-0.4, -0.2) is 0 Å². The molecule has 116 valence electrons. The van der Waals surface area contributed by atoms with Crippen LogP contribution in [-0.2, 0) is 0 Å². The van der Waals surface area contributed by atoms with E-state index >= 15 is 0 Å². The fraction of sp³-hybridized carbons (Fsp3) is 0. The van der Waals surface area contributed by atoms with Gasteiger partial charge in [0, 0.05) is 17.3 Å². The minimum absolute atomic E-state index is 0.112. The molecule has 0 heterocycles. The van der Waals surface area contributed by atoms with Gasteiger partial charge in [-0.1, -0.05) is 12.1 Å². The average Bonchev–Trinajstić information content (AvgIpc) is 2.52. The van der Waals surface area contributed by atoms with Crippen LogP contribution in [0, 0.1) is 17.5 Å². The summed E-state index contributed by atoms with van der Waals surface area (Å²) in [6.07, 6.45) is 0. The van der Waals surface area contributed by atoms with E-state index in [1.807, 2.05) is 0 Å². The Labute approximate surface area is 130 Å². The summed E-state index contributed by atoms with van der Waals surface area (Å²) in [4.78, 5) is 0. The third-order valence-electron chi connectivity index (χ3n) is 3.27. The molecule has 0 aliphatic rings. The van der Waals surface area contributed by atoms with Crippen molar-refractivity contribution < 1.29 is 17.9 Å². The van der Waals surface area contributed by atoms with E-state index in [1.54, 1.807) is 30.3 Å². The lowest BCUT2D eigenvalue weighted by Crippen LogP contribution is -1.94. The molecule has 3 aromatic carbocycles. The standard InChI is InChI=1S/C18H12F3NO/c19-12-3-1-11(2-4-12)15-10-14(22)6-8-17(15)23-18-7-5-13(20)9-16(18)21/h1-10H,22H2. The van der Waals surface area contributed by atoms with Crippen LogP contribution in [0.3, 0.4) is 0 Å². The Bertz CT molecular complexity index is 847. The maximum absolute atomic E-state index is 13.8. The molecule has 0 unspecified atom stereocenters. The Hall–Kier alpha value is -2.95. The van der Waals surface area contributed by atoms with Crippen LogP contribution in [0.2, 0.25) is 0 Å². The summed E-state index contributed by atoms with van der Waals surface area (Å²) in [6, 6.07) is 13.6. The first kappa shape index (κ1) is 15.0. The van der Waals surface area contributed by atoms with Gasteiger partial charge in [-0.2, -0.15) is 0 Å². The zero-order valence-corrected chi connectivity index (χ0v) is 11.9. The van der Waals surface area contributed by atoms with Crippen LogP contribution in [0.1, 0.15) is 0 Å². The van der Waals surface area contributed by atoms with Gasteiger partial charge in [-0.15, -0.1) is 0 Å². The molecule has 5 heteroatoms. The van der Waals surface area contributed by atoms with E-state index in [1.165, 1.54) is 18.2 Å². The lowest BCUT2D eigenvalue weighted by molar-refractivity contribution is 0.439. The zero-order chi connectivity index (χ0) is 16.4. The summed E-state index contributed by atoms with van der Waals surface area (Å²) in [5.74, 6) is -1.65. The van der Waals surface area contributed by atoms with Crippen LogP contribution < -0.4 is 10.5 Å². The molecule has 0 fully saturated rings. The van der Waals surface area contributed by atoms with Crippen LogP contribution in [0.5, 0.6) is 11.5 Å². The Kier molecular flexibility index (Phi) is 3.93. The summed E-state index contributed by atoms with van der Waals surface area (Å²) in [5, 5.41) is 0. The number of anilines is 1. The smallest absolute Gasteiger partial charge is 0.168 e. The van der Waals surface area contributed by atoms with Gasteiger partial charge in [0.2, 0.25) is 0 Å². The van der Waals surface area contributed by atoms with E-state index < -0.39 is 11.6 Å². The predicted molar refractivity (Wildman–Crippen MR) is 82.7 cm³/mol. The van der Waals surface area contributed by atoms with Gasteiger partial charge in [0.05, 0.1) is 0 Å². The highest BCUT2D eigenvalue weighted by Crippen LogP contribution is 2.35. The molecule has 0 spiro atoms. The van der Waals surface area contributed by atoms with Crippen LogP contribution in [0.15, 0.2) is 60.7 Å². The van der Waals surface area contributed by atoms with E-state index in [0.29, 0.717) is 22.6 Å². The summed E-state index contributed by atoms with van der Waals surface area (Å²) >= 11 is 0. The minimum Gasteiger partial charge on any atom is -0.454 e. The molecule has 0 bridgehead atoms. The van der Waals surface area contributed by atoms with Crippen molar-refractivity contribution in [2.24, 2.45) is 0 Å². The van der Waals surface area contributed by atoms with Crippen molar-refractivity contribution in [3.8, 4) is 22.6 Å². The molecule has 0 saturated heterocycles. The molecule has 0 saturated carbocycles. The lowest BCUT2D eigenvalue weighted by atomic mass is 10.0. The Morgan fingerprint density at radius 1 is 0.696 bits per heavy atom. The van der Waals surface area contributed by atoms with Crippen molar-refractivity contribution >= 4 is 5.69 Å². The second kappa shape index (κ2) is 6.04. The number of benzene rings is 3. The molecule has 0 amide bonds. The highest BCUT2D eigenvalue weighted by Gasteiger charge is 2.12. The molecule has 2 N–H and O–H groups in total. The fourth-order valence-electron chi connectivity index (χ4n) is 2.17. The van der Waals surface area contributed by atoms with E-state index in [9.17, 15) is 13.2 Å². The van der Waals surface area contributed by atoms with E-state index in [0.717, 1.165) is 12.1 Å². The Morgan fingerprint density at radius 3 is 2.04 bits per heavy atom. The molecule has 2 nitrogen and oxygen atoms in total. The quantitative estimate of drug-likeness (QED) is 0.679. The second-order valence-corrected chi connectivity index (χ2v) is 4.94. The van der Waals surface area contributed by atoms with Gasteiger partial charge in [-0.25, -0.2) is 13.2 Å². The number of nitrogens with two attached hydrogens (primary N) is 1. The lowest BCUT2D eigenvalue weighted by Gasteiger charge is -2.13. The van der Waals surface area contributed by atoms with Gasteiger partial charge in [0.1, 0.15) is 17.4 Å². The third kappa shape index (κ3) is 3.29. The van der Waals surface area contributed by atoms with Crippen molar-refractivity contribution in [1.82, 2.24) is 0 Å². The first-order valence-electron chi connectivity index (χ1n) is 6.81. The average molecular weight is 315 g/mol. The molecule has 0 radical (unpaired) electrons. The Morgan fingerprint density at radius 2 is 1.35 bits per heavy atom. The maximum Gasteiger partial charge on any atom is 0.168 e. The molecular weight excluding hydrogens is 303 g/mol. The van der Waals surface area contributed by atoms with Crippen molar-refractivity contribution in [3.05, 3.63) is 78.1 Å². The first-order chi connectivity index (χ1) is 11.0. The van der Waals surface area contributed by atoms with Gasteiger partial charge < -0.3 is 10.5 Å². The second-order valence-electron chi connectivity index (χ2n) is 4.94. The third-order valence-corrected chi connectivity index (χ3v) is 3.27. The molecule has 0 aliphatic carbocycles. The number of ether oxygens (including phenoxy) is 1. The van der Waals surface area contributed by atoms with E-state index in [4.69, 9.17) is 10.5 Å². The highest BCUT2D eigenvalue weighted by molar-refractivity contribution is 5.74. The van der Waals surface area contributed by atoms with Crippen LogP contribution in [0.25, 0.3) is 11.1 Å². The number of halogens is 3. The van der Waals surface area contributed by atoms with Gasteiger partial charge in [0.15, 0.2) is 11.6 Å². The summed E-state index contributed by atoms with van der Waals surface area (Å²) in [5.41, 5.74) is 7.51. The topological polar surface area (TPSA) is 35.2 Å². The van der Waals surface area contributed by atoms with E-state index in [-0.39, 0.29) is 11.6 Å². The number of rotatable bonds is 3. The van der Waals surface area contributed by atoms with Gasteiger partial charge in [-0.05, 0) is 48.0 Å². The molecule has 0 aliphatic heterocycles. The van der Waals surface area contributed by atoms with E-state index in [2.05, 4.69) is 0 Å².